The quantitative estimate of drug-likeness (QED) is 0.626. The summed E-state index contributed by atoms with van der Waals surface area (Å²) in [5.41, 5.74) is 0. The van der Waals surface area contributed by atoms with Crippen LogP contribution < -0.4 is 0 Å². The first kappa shape index (κ1) is 10.5. The van der Waals surface area contributed by atoms with Gasteiger partial charge in [0, 0.05) is 7.05 Å². The highest BCUT2D eigenvalue weighted by atomic mass is 16.3. The lowest BCUT2D eigenvalue weighted by Gasteiger charge is -2.28. The Bertz CT molecular complexity index is 193. The Balaban J connectivity index is 2.56. The van der Waals surface area contributed by atoms with E-state index in [1.54, 1.807) is 7.05 Å². The molecule has 1 unspecified atom stereocenters. The van der Waals surface area contributed by atoms with Crippen LogP contribution in [0.4, 0.5) is 0 Å². The minimum absolute atomic E-state index is 0.109. The second kappa shape index (κ2) is 4.07. The van der Waals surface area contributed by atoms with Crippen molar-refractivity contribution < 1.29 is 15.0 Å². The van der Waals surface area contributed by atoms with E-state index in [0.29, 0.717) is 0 Å². The summed E-state index contributed by atoms with van der Waals surface area (Å²) < 4.78 is 0. The van der Waals surface area contributed by atoms with Gasteiger partial charge in [-0.2, -0.15) is 0 Å². The molecule has 0 radical (unpaired) electrons. The number of likely N-dealkylation sites (N-methyl/N-ethyl adjacent to an activating group) is 1. The second-order valence-corrected chi connectivity index (χ2v) is 3.69. The molecule has 0 aromatic heterocycles. The minimum atomic E-state index is -0.974. The van der Waals surface area contributed by atoms with Crippen LogP contribution in [-0.2, 0) is 4.79 Å². The Hall–Kier alpha value is -0.610. The molecule has 76 valence electrons. The van der Waals surface area contributed by atoms with Crippen LogP contribution in [0.2, 0.25) is 0 Å². The maximum atomic E-state index is 11.3. The van der Waals surface area contributed by atoms with Crippen molar-refractivity contribution in [1.82, 2.24) is 4.90 Å². The first-order valence-corrected chi connectivity index (χ1v) is 4.67. The Kier molecular flexibility index (Phi) is 3.27. The molecule has 1 aliphatic carbocycles. The van der Waals surface area contributed by atoms with Gasteiger partial charge in [0.25, 0.3) is 5.91 Å². The summed E-state index contributed by atoms with van der Waals surface area (Å²) in [5, 5.41) is 18.6. The number of aliphatic hydroxyl groups is 2. The van der Waals surface area contributed by atoms with Gasteiger partial charge in [0.2, 0.25) is 0 Å². The molecule has 2 N–H and O–H groups in total. The van der Waals surface area contributed by atoms with E-state index in [1.807, 2.05) is 0 Å². The smallest absolute Gasteiger partial charge is 0.251 e. The highest BCUT2D eigenvalue weighted by molar-refractivity contribution is 5.80. The van der Waals surface area contributed by atoms with E-state index >= 15 is 0 Å². The molecule has 4 nitrogen and oxygen atoms in total. The van der Waals surface area contributed by atoms with E-state index < -0.39 is 12.2 Å². The van der Waals surface area contributed by atoms with Crippen molar-refractivity contribution in [3.8, 4) is 0 Å². The lowest BCUT2D eigenvalue weighted by molar-refractivity contribution is -0.141. The van der Waals surface area contributed by atoms with E-state index in [-0.39, 0.29) is 11.9 Å². The van der Waals surface area contributed by atoms with Gasteiger partial charge in [-0.25, -0.2) is 0 Å². The van der Waals surface area contributed by atoms with Crippen LogP contribution in [0.3, 0.4) is 0 Å². The average Bonchev–Trinajstić information content (AvgIpc) is 2.48. The van der Waals surface area contributed by atoms with E-state index in [9.17, 15) is 9.90 Å². The molecule has 0 spiro atoms. The van der Waals surface area contributed by atoms with Crippen LogP contribution >= 0.6 is 0 Å². The Labute approximate surface area is 78.2 Å². The van der Waals surface area contributed by atoms with Crippen molar-refractivity contribution in [1.29, 1.82) is 0 Å². The zero-order valence-corrected chi connectivity index (χ0v) is 8.10. The molecule has 0 aromatic rings. The van der Waals surface area contributed by atoms with Gasteiger partial charge >= 0.3 is 0 Å². The fourth-order valence-electron chi connectivity index (χ4n) is 1.83. The lowest BCUT2D eigenvalue weighted by Crippen LogP contribution is -2.45. The summed E-state index contributed by atoms with van der Waals surface area (Å²) in [4.78, 5) is 12.8. The SMILES string of the molecule is CC(O)C(=O)N(C)[C@@H]1CCC[C@H]1O. The fourth-order valence-corrected chi connectivity index (χ4v) is 1.83. The molecule has 0 saturated heterocycles. The topological polar surface area (TPSA) is 60.8 Å². The molecule has 1 rings (SSSR count). The Morgan fingerprint density at radius 3 is 2.54 bits per heavy atom. The van der Waals surface area contributed by atoms with Crippen molar-refractivity contribution in [2.45, 2.75) is 44.4 Å². The Morgan fingerprint density at radius 2 is 2.15 bits per heavy atom. The maximum absolute atomic E-state index is 11.3. The van der Waals surface area contributed by atoms with E-state index in [1.165, 1.54) is 11.8 Å². The number of amides is 1. The first-order chi connectivity index (χ1) is 6.04. The third-order valence-electron chi connectivity index (χ3n) is 2.65. The molecule has 1 saturated carbocycles. The van der Waals surface area contributed by atoms with Gasteiger partial charge in [-0.05, 0) is 26.2 Å². The van der Waals surface area contributed by atoms with Gasteiger partial charge in [0.05, 0.1) is 12.1 Å². The van der Waals surface area contributed by atoms with E-state index in [0.717, 1.165) is 19.3 Å². The largest absolute Gasteiger partial charge is 0.391 e. The van der Waals surface area contributed by atoms with Crippen LogP contribution in [0.5, 0.6) is 0 Å². The third-order valence-corrected chi connectivity index (χ3v) is 2.65. The molecule has 0 heterocycles. The number of carbonyl (C=O) groups is 1. The number of nitrogens with zero attached hydrogens (tertiary/aromatic N) is 1. The number of hydrogen-bond donors (Lipinski definition) is 2. The highest BCUT2D eigenvalue weighted by Crippen LogP contribution is 2.23. The van der Waals surface area contributed by atoms with Gasteiger partial charge in [-0.3, -0.25) is 4.79 Å². The molecular formula is C9H17NO3. The van der Waals surface area contributed by atoms with Crippen molar-refractivity contribution >= 4 is 5.91 Å². The van der Waals surface area contributed by atoms with Gasteiger partial charge < -0.3 is 15.1 Å². The molecule has 4 heteroatoms. The first-order valence-electron chi connectivity index (χ1n) is 4.67. The average molecular weight is 187 g/mol. The molecule has 0 aliphatic heterocycles. The van der Waals surface area contributed by atoms with Crippen LogP contribution in [0.15, 0.2) is 0 Å². The standard InChI is InChI=1S/C9H17NO3/c1-6(11)9(13)10(2)7-4-3-5-8(7)12/h6-8,11-12H,3-5H2,1-2H3/t6?,7-,8-/m1/s1. The van der Waals surface area contributed by atoms with Crippen LogP contribution in [0.25, 0.3) is 0 Å². The normalized spacial score (nSPS) is 30.2. The van der Waals surface area contributed by atoms with Gasteiger partial charge in [-0.1, -0.05) is 0 Å². The molecule has 13 heavy (non-hydrogen) atoms. The lowest BCUT2D eigenvalue weighted by atomic mass is 10.1. The number of carbonyl (C=O) groups excluding carboxylic acids is 1. The monoisotopic (exact) mass is 187 g/mol. The molecule has 1 fully saturated rings. The second-order valence-electron chi connectivity index (χ2n) is 3.69. The van der Waals surface area contributed by atoms with Crippen LogP contribution in [0, 0.1) is 0 Å². The third kappa shape index (κ3) is 2.19. The molecular weight excluding hydrogens is 170 g/mol. The summed E-state index contributed by atoms with van der Waals surface area (Å²) in [6.07, 6.45) is 1.13. The predicted molar refractivity (Wildman–Crippen MR) is 48.1 cm³/mol. The molecule has 0 aromatic carbocycles. The summed E-state index contributed by atoms with van der Waals surface area (Å²) in [7, 11) is 1.63. The van der Waals surface area contributed by atoms with Crippen molar-refractivity contribution in [2.24, 2.45) is 0 Å². The number of hydrogen-bond acceptors (Lipinski definition) is 3. The fraction of sp³-hybridized carbons (Fsp3) is 0.889. The summed E-state index contributed by atoms with van der Waals surface area (Å²) in [5.74, 6) is -0.314. The summed E-state index contributed by atoms with van der Waals surface area (Å²) in [6, 6.07) is -0.109. The summed E-state index contributed by atoms with van der Waals surface area (Å²) >= 11 is 0. The molecule has 3 atom stereocenters. The van der Waals surface area contributed by atoms with Gasteiger partial charge in [0.15, 0.2) is 0 Å². The van der Waals surface area contributed by atoms with Crippen LogP contribution in [-0.4, -0.2) is 46.3 Å². The zero-order valence-electron chi connectivity index (χ0n) is 8.10. The van der Waals surface area contributed by atoms with E-state index in [2.05, 4.69) is 0 Å². The Morgan fingerprint density at radius 1 is 1.54 bits per heavy atom. The summed E-state index contributed by atoms with van der Waals surface area (Å²) in [6.45, 7) is 1.44. The van der Waals surface area contributed by atoms with E-state index in [4.69, 9.17) is 5.11 Å². The highest BCUT2D eigenvalue weighted by Gasteiger charge is 2.32. The maximum Gasteiger partial charge on any atom is 0.251 e. The van der Waals surface area contributed by atoms with Crippen molar-refractivity contribution in [3.63, 3.8) is 0 Å². The molecule has 1 amide bonds. The van der Waals surface area contributed by atoms with Gasteiger partial charge in [0.1, 0.15) is 6.10 Å². The molecule has 0 bridgehead atoms. The minimum Gasteiger partial charge on any atom is -0.391 e. The zero-order chi connectivity index (χ0) is 10.0. The van der Waals surface area contributed by atoms with Gasteiger partial charge in [-0.15, -0.1) is 0 Å². The number of aliphatic hydroxyl groups excluding tert-OH is 2. The molecule has 1 aliphatic rings. The van der Waals surface area contributed by atoms with Crippen molar-refractivity contribution in [2.75, 3.05) is 7.05 Å². The number of rotatable bonds is 2. The van der Waals surface area contributed by atoms with Crippen LogP contribution in [0.1, 0.15) is 26.2 Å². The van der Waals surface area contributed by atoms with Crippen molar-refractivity contribution in [3.05, 3.63) is 0 Å². The predicted octanol–water partition coefficient (Wildman–Crippen LogP) is -0.261.